The number of aliphatic hydroxyl groups is 2. The van der Waals surface area contributed by atoms with Crippen LogP contribution in [0.5, 0.6) is 0 Å². The van der Waals surface area contributed by atoms with Crippen LogP contribution in [-0.2, 0) is 4.74 Å². The number of rotatable bonds is 2. The maximum atomic E-state index is 13.5. The Labute approximate surface area is 100 Å². The van der Waals surface area contributed by atoms with E-state index in [1.54, 1.807) is 0 Å². The van der Waals surface area contributed by atoms with Gasteiger partial charge in [-0.15, -0.1) is 0 Å². The van der Waals surface area contributed by atoms with Crippen LogP contribution in [0.4, 0.5) is 4.39 Å². The van der Waals surface area contributed by atoms with Crippen LogP contribution in [0.3, 0.4) is 0 Å². The number of nitrogens with one attached hydrogen (secondary N) is 1. The molecule has 8 heteroatoms. The van der Waals surface area contributed by atoms with E-state index in [1.807, 2.05) is 0 Å². The van der Waals surface area contributed by atoms with Gasteiger partial charge >= 0.3 is 0 Å². The average molecular weight is 262 g/mol. The highest BCUT2D eigenvalue weighted by molar-refractivity contribution is 7.71. The van der Waals surface area contributed by atoms with Crippen LogP contribution in [0.1, 0.15) is 6.23 Å². The lowest BCUT2D eigenvalue weighted by atomic mass is 10.1. The second kappa shape index (κ2) is 4.65. The summed E-state index contributed by atoms with van der Waals surface area (Å²) >= 11 is 4.87. The lowest BCUT2D eigenvalue weighted by Gasteiger charge is -2.17. The van der Waals surface area contributed by atoms with E-state index in [1.165, 1.54) is 16.8 Å². The van der Waals surface area contributed by atoms with Crippen LogP contribution >= 0.6 is 12.2 Å². The maximum Gasteiger partial charge on any atom is 0.251 e. The van der Waals surface area contributed by atoms with Gasteiger partial charge in [0.1, 0.15) is 12.2 Å². The van der Waals surface area contributed by atoms with E-state index in [2.05, 4.69) is 4.98 Å². The van der Waals surface area contributed by atoms with Gasteiger partial charge in [-0.3, -0.25) is 14.3 Å². The van der Waals surface area contributed by atoms with Crippen LogP contribution < -0.4 is 5.56 Å². The second-order valence-electron chi connectivity index (χ2n) is 3.70. The summed E-state index contributed by atoms with van der Waals surface area (Å²) in [6.07, 6.45) is -3.97. The van der Waals surface area contributed by atoms with Gasteiger partial charge in [0.25, 0.3) is 5.56 Å². The molecule has 0 radical (unpaired) electrons. The topological polar surface area (TPSA) is 87.5 Å². The van der Waals surface area contributed by atoms with Gasteiger partial charge in [-0.05, 0) is 12.2 Å². The van der Waals surface area contributed by atoms with Crippen molar-refractivity contribution >= 4 is 12.2 Å². The van der Waals surface area contributed by atoms with Gasteiger partial charge in [-0.2, -0.15) is 0 Å². The molecular weight excluding hydrogens is 251 g/mol. The molecule has 17 heavy (non-hydrogen) atoms. The molecule has 4 atom stereocenters. The number of aromatic amines is 1. The SMILES string of the molecule is O=c1ccn([C@H]2O[C@@H](CO)C(F)C2O)c(=S)[nH]1. The zero-order valence-electron chi connectivity index (χ0n) is 8.62. The lowest BCUT2D eigenvalue weighted by molar-refractivity contribution is -0.0528. The van der Waals surface area contributed by atoms with Crippen molar-refractivity contribution in [2.75, 3.05) is 6.61 Å². The smallest absolute Gasteiger partial charge is 0.251 e. The van der Waals surface area contributed by atoms with Gasteiger partial charge in [0, 0.05) is 12.3 Å². The van der Waals surface area contributed by atoms with Crippen molar-refractivity contribution in [1.82, 2.24) is 9.55 Å². The summed E-state index contributed by atoms with van der Waals surface area (Å²) in [6.45, 7) is -0.536. The summed E-state index contributed by atoms with van der Waals surface area (Å²) in [4.78, 5) is 13.3. The number of ether oxygens (including phenoxy) is 1. The highest BCUT2D eigenvalue weighted by Gasteiger charge is 2.44. The minimum Gasteiger partial charge on any atom is -0.394 e. The predicted molar refractivity (Wildman–Crippen MR) is 57.8 cm³/mol. The number of hydrogen-bond donors (Lipinski definition) is 3. The zero-order chi connectivity index (χ0) is 12.6. The molecule has 0 aliphatic carbocycles. The molecule has 1 aromatic rings. The Balaban J connectivity index is 2.35. The fourth-order valence-corrected chi connectivity index (χ4v) is 1.98. The molecule has 1 fully saturated rings. The minimum atomic E-state index is -1.70. The Hall–Kier alpha value is -1.09. The Morgan fingerprint density at radius 2 is 2.35 bits per heavy atom. The predicted octanol–water partition coefficient (Wildman–Crippen LogP) is -0.505. The molecule has 1 saturated heterocycles. The Bertz CT molecular complexity index is 516. The summed E-state index contributed by atoms with van der Waals surface area (Å²) in [5.41, 5.74) is -0.394. The molecule has 0 aromatic carbocycles. The van der Waals surface area contributed by atoms with Crippen LogP contribution in [0.15, 0.2) is 17.1 Å². The van der Waals surface area contributed by atoms with Gasteiger partial charge < -0.3 is 14.9 Å². The van der Waals surface area contributed by atoms with Gasteiger partial charge in [0.05, 0.1) is 6.61 Å². The van der Waals surface area contributed by atoms with Crippen molar-refractivity contribution in [1.29, 1.82) is 0 Å². The van der Waals surface area contributed by atoms with Crippen molar-refractivity contribution in [3.63, 3.8) is 0 Å². The maximum absolute atomic E-state index is 13.5. The van der Waals surface area contributed by atoms with E-state index in [-0.39, 0.29) is 4.77 Å². The molecule has 2 rings (SSSR count). The number of H-pyrrole nitrogens is 1. The molecule has 0 amide bonds. The number of hydrogen-bond acceptors (Lipinski definition) is 5. The molecule has 0 saturated carbocycles. The molecule has 2 unspecified atom stereocenters. The number of aromatic nitrogens is 2. The quantitative estimate of drug-likeness (QED) is 0.625. The minimum absolute atomic E-state index is 0.0207. The zero-order valence-corrected chi connectivity index (χ0v) is 9.43. The molecule has 1 aliphatic heterocycles. The van der Waals surface area contributed by atoms with Gasteiger partial charge in [0.15, 0.2) is 17.2 Å². The van der Waals surface area contributed by atoms with E-state index in [0.29, 0.717) is 0 Å². The van der Waals surface area contributed by atoms with Crippen molar-refractivity contribution in [2.24, 2.45) is 0 Å². The Morgan fingerprint density at radius 3 is 2.88 bits per heavy atom. The third kappa shape index (κ3) is 2.16. The molecule has 94 valence electrons. The molecule has 0 spiro atoms. The summed E-state index contributed by atoms with van der Waals surface area (Å²) in [7, 11) is 0. The largest absolute Gasteiger partial charge is 0.394 e. The van der Waals surface area contributed by atoms with Crippen molar-refractivity contribution in [3.05, 3.63) is 27.4 Å². The van der Waals surface area contributed by atoms with Crippen molar-refractivity contribution in [2.45, 2.75) is 24.6 Å². The highest BCUT2D eigenvalue weighted by atomic mass is 32.1. The molecule has 1 aliphatic rings. The fourth-order valence-electron chi connectivity index (χ4n) is 1.71. The van der Waals surface area contributed by atoms with Crippen LogP contribution in [0, 0.1) is 4.77 Å². The monoisotopic (exact) mass is 262 g/mol. The highest BCUT2D eigenvalue weighted by Crippen LogP contribution is 2.30. The Kier molecular flexibility index (Phi) is 3.38. The first kappa shape index (κ1) is 12.4. The Morgan fingerprint density at radius 1 is 1.65 bits per heavy atom. The number of aliphatic hydroxyl groups excluding tert-OH is 2. The first-order chi connectivity index (χ1) is 8.04. The fraction of sp³-hybridized carbons (Fsp3) is 0.556. The summed E-state index contributed by atoms with van der Waals surface area (Å²) in [5.74, 6) is 0. The van der Waals surface area contributed by atoms with E-state index >= 15 is 0 Å². The average Bonchev–Trinajstić information content (AvgIpc) is 2.57. The van der Waals surface area contributed by atoms with Crippen molar-refractivity contribution < 1.29 is 19.3 Å². The molecule has 0 bridgehead atoms. The van der Waals surface area contributed by atoms with Gasteiger partial charge in [-0.1, -0.05) is 0 Å². The van der Waals surface area contributed by atoms with Gasteiger partial charge in [-0.25, -0.2) is 4.39 Å². The molecule has 3 N–H and O–H groups in total. The van der Waals surface area contributed by atoms with Crippen LogP contribution in [0.2, 0.25) is 0 Å². The molecular formula is C9H11FN2O4S. The van der Waals surface area contributed by atoms with E-state index in [4.69, 9.17) is 22.1 Å². The number of alkyl halides is 1. The second-order valence-corrected chi connectivity index (χ2v) is 4.09. The molecule has 2 heterocycles. The third-order valence-corrected chi connectivity index (χ3v) is 2.91. The standard InChI is InChI=1S/C9H11FN2O4S/c10-6-4(3-13)16-8(7(6)15)12-2-1-5(14)11-9(12)17/h1-2,4,6-8,13,15H,3H2,(H,11,14,17)/t4-,6?,7?,8-/m0/s1. The lowest BCUT2D eigenvalue weighted by Crippen LogP contribution is -2.30. The van der Waals surface area contributed by atoms with E-state index in [0.717, 1.165) is 0 Å². The third-order valence-electron chi connectivity index (χ3n) is 2.59. The first-order valence-electron chi connectivity index (χ1n) is 4.94. The number of nitrogens with zero attached hydrogens (tertiary/aromatic N) is 1. The summed E-state index contributed by atoms with van der Waals surface area (Å²) < 4.78 is 19.9. The molecule has 1 aromatic heterocycles. The first-order valence-corrected chi connectivity index (χ1v) is 5.35. The normalized spacial score (nSPS) is 32.9. The number of halogens is 1. The van der Waals surface area contributed by atoms with Crippen LogP contribution in [0.25, 0.3) is 0 Å². The van der Waals surface area contributed by atoms with Gasteiger partial charge in [0.2, 0.25) is 0 Å². The van der Waals surface area contributed by atoms with Crippen LogP contribution in [-0.4, -0.2) is 44.8 Å². The van der Waals surface area contributed by atoms with E-state index < -0.39 is 36.8 Å². The molecule has 6 nitrogen and oxygen atoms in total. The van der Waals surface area contributed by atoms with Crippen molar-refractivity contribution in [3.8, 4) is 0 Å². The van der Waals surface area contributed by atoms with E-state index in [9.17, 15) is 14.3 Å². The summed E-state index contributed by atoms with van der Waals surface area (Å²) in [5, 5.41) is 18.5. The summed E-state index contributed by atoms with van der Waals surface area (Å²) in [6, 6.07) is 1.19.